The van der Waals surface area contributed by atoms with Crippen LogP contribution in [0, 0.1) is 0 Å². The van der Waals surface area contributed by atoms with Crippen molar-refractivity contribution in [1.29, 1.82) is 0 Å². The minimum Gasteiger partial charge on any atom is -0.467 e. The van der Waals surface area contributed by atoms with Crippen LogP contribution in [-0.4, -0.2) is 60.8 Å². The topological polar surface area (TPSA) is 105 Å². The van der Waals surface area contributed by atoms with Crippen molar-refractivity contribution in [3.8, 4) is 0 Å². The summed E-state index contributed by atoms with van der Waals surface area (Å²) < 4.78 is 4.83. The molecule has 0 bridgehead atoms. The van der Waals surface area contributed by atoms with E-state index in [2.05, 4.69) is 4.99 Å². The van der Waals surface area contributed by atoms with E-state index in [1.807, 2.05) is 42.5 Å². The molecule has 31 heavy (non-hydrogen) atoms. The fourth-order valence-corrected chi connectivity index (χ4v) is 4.11. The second-order valence-corrected chi connectivity index (χ2v) is 7.50. The van der Waals surface area contributed by atoms with Gasteiger partial charge in [-0.1, -0.05) is 48.5 Å². The van der Waals surface area contributed by atoms with Gasteiger partial charge in [0.05, 0.1) is 18.5 Å². The Hall–Kier alpha value is -3.52. The number of amides is 2. The van der Waals surface area contributed by atoms with Gasteiger partial charge in [-0.3, -0.25) is 19.5 Å². The van der Waals surface area contributed by atoms with Gasteiger partial charge < -0.3 is 15.4 Å². The van der Waals surface area contributed by atoms with Crippen LogP contribution in [0.2, 0.25) is 0 Å². The van der Waals surface area contributed by atoms with E-state index >= 15 is 0 Å². The van der Waals surface area contributed by atoms with Crippen molar-refractivity contribution in [1.82, 2.24) is 4.90 Å². The molecule has 2 aliphatic heterocycles. The first-order valence-corrected chi connectivity index (χ1v) is 10.2. The third kappa shape index (κ3) is 3.94. The minimum atomic E-state index is -1.15. The SMILES string of the molecule is COC(=O)[C@@H]1CCCN1C(=O)CN1C(=O)C(N)N=C(c2ccccc2)c2ccccc21. The molecule has 2 N–H and O–H groups in total. The lowest BCUT2D eigenvalue weighted by Gasteiger charge is -2.28. The first-order chi connectivity index (χ1) is 15.0. The molecule has 160 valence electrons. The van der Waals surface area contributed by atoms with Crippen molar-refractivity contribution in [2.75, 3.05) is 25.1 Å². The highest BCUT2D eigenvalue weighted by Gasteiger charge is 2.38. The Morgan fingerprint density at radius 3 is 2.58 bits per heavy atom. The van der Waals surface area contributed by atoms with Crippen molar-refractivity contribution in [3.63, 3.8) is 0 Å². The molecule has 0 aliphatic carbocycles. The molecular formula is C23H24N4O4. The largest absolute Gasteiger partial charge is 0.467 e. The number of ether oxygens (including phenoxy) is 1. The highest BCUT2D eigenvalue weighted by Crippen LogP contribution is 2.28. The molecule has 4 rings (SSSR count). The minimum absolute atomic E-state index is 0.228. The second-order valence-electron chi connectivity index (χ2n) is 7.50. The van der Waals surface area contributed by atoms with Gasteiger partial charge in [-0.25, -0.2) is 4.79 Å². The van der Waals surface area contributed by atoms with Crippen molar-refractivity contribution in [2.45, 2.75) is 25.0 Å². The zero-order chi connectivity index (χ0) is 22.0. The summed E-state index contributed by atoms with van der Waals surface area (Å²) in [5.74, 6) is -1.24. The van der Waals surface area contributed by atoms with Crippen LogP contribution >= 0.6 is 0 Å². The lowest BCUT2D eigenvalue weighted by atomic mass is 10.0. The number of hydrogen-bond acceptors (Lipinski definition) is 6. The first-order valence-electron chi connectivity index (χ1n) is 10.2. The Kier molecular flexibility index (Phi) is 5.81. The zero-order valence-corrected chi connectivity index (χ0v) is 17.2. The summed E-state index contributed by atoms with van der Waals surface area (Å²) in [6, 6.07) is 16.1. The van der Waals surface area contributed by atoms with Crippen LogP contribution in [-0.2, 0) is 19.1 Å². The fraction of sp³-hybridized carbons (Fsp3) is 0.304. The fourth-order valence-electron chi connectivity index (χ4n) is 4.11. The Balaban J connectivity index is 1.69. The molecule has 1 fully saturated rings. The van der Waals surface area contributed by atoms with E-state index in [-0.39, 0.29) is 12.5 Å². The van der Waals surface area contributed by atoms with Crippen molar-refractivity contribution in [3.05, 3.63) is 65.7 Å². The van der Waals surface area contributed by atoms with E-state index in [1.54, 1.807) is 12.1 Å². The van der Waals surface area contributed by atoms with Gasteiger partial charge in [0.1, 0.15) is 12.6 Å². The lowest BCUT2D eigenvalue weighted by molar-refractivity contribution is -0.150. The number of benzene rings is 2. The maximum atomic E-state index is 13.1. The van der Waals surface area contributed by atoms with Crippen molar-refractivity contribution >= 4 is 29.2 Å². The number of esters is 1. The molecule has 8 heteroatoms. The summed E-state index contributed by atoms with van der Waals surface area (Å²) in [6.07, 6.45) is 0.103. The highest BCUT2D eigenvalue weighted by molar-refractivity contribution is 6.20. The summed E-state index contributed by atoms with van der Waals surface area (Å²) in [6.45, 7) is 0.217. The van der Waals surface area contributed by atoms with E-state index < -0.39 is 24.1 Å². The number of carbonyl (C=O) groups excluding carboxylic acids is 3. The van der Waals surface area contributed by atoms with Gasteiger partial charge in [0.25, 0.3) is 5.91 Å². The van der Waals surface area contributed by atoms with Crippen LogP contribution in [0.1, 0.15) is 24.0 Å². The maximum Gasteiger partial charge on any atom is 0.328 e. The van der Waals surface area contributed by atoms with Crippen LogP contribution in [0.15, 0.2) is 59.6 Å². The van der Waals surface area contributed by atoms with Crippen molar-refractivity contribution < 1.29 is 19.1 Å². The molecule has 0 spiro atoms. The number of hydrogen-bond donors (Lipinski definition) is 1. The van der Waals surface area contributed by atoms with E-state index in [1.165, 1.54) is 16.9 Å². The Morgan fingerprint density at radius 1 is 1.13 bits per heavy atom. The van der Waals surface area contributed by atoms with Crippen LogP contribution < -0.4 is 10.6 Å². The average molecular weight is 420 g/mol. The van der Waals surface area contributed by atoms with Crippen LogP contribution in [0.5, 0.6) is 0 Å². The number of fused-ring (bicyclic) bond motifs is 1. The smallest absolute Gasteiger partial charge is 0.328 e. The molecule has 1 unspecified atom stereocenters. The number of methoxy groups -OCH3 is 1. The summed E-state index contributed by atoms with van der Waals surface area (Å²) >= 11 is 0. The maximum absolute atomic E-state index is 13.1. The van der Waals surface area contributed by atoms with E-state index in [9.17, 15) is 14.4 Å². The number of benzodiazepines with no additional fused rings is 1. The summed E-state index contributed by atoms with van der Waals surface area (Å²) in [7, 11) is 1.30. The molecule has 2 aliphatic rings. The molecule has 0 aromatic heterocycles. The Labute approximate surface area is 180 Å². The number of carbonyl (C=O) groups is 3. The first kappa shape index (κ1) is 20.7. The van der Waals surface area contributed by atoms with Crippen LogP contribution in [0.4, 0.5) is 5.69 Å². The Morgan fingerprint density at radius 2 is 1.84 bits per heavy atom. The number of para-hydroxylation sites is 1. The van der Waals surface area contributed by atoms with Gasteiger partial charge >= 0.3 is 5.97 Å². The van der Waals surface area contributed by atoms with Gasteiger partial charge in [-0.15, -0.1) is 0 Å². The molecule has 2 aromatic rings. The number of nitrogens with two attached hydrogens (primary N) is 1. The van der Waals surface area contributed by atoms with Gasteiger partial charge in [0.2, 0.25) is 5.91 Å². The number of nitrogens with zero attached hydrogens (tertiary/aromatic N) is 3. The summed E-state index contributed by atoms with van der Waals surface area (Å²) in [5, 5.41) is 0. The Bertz CT molecular complexity index is 1040. The quantitative estimate of drug-likeness (QED) is 0.751. The van der Waals surface area contributed by atoms with Crippen LogP contribution in [0.3, 0.4) is 0 Å². The zero-order valence-electron chi connectivity index (χ0n) is 17.2. The van der Waals surface area contributed by atoms with Gasteiger partial charge in [0.15, 0.2) is 6.17 Å². The molecule has 0 saturated carbocycles. The van der Waals surface area contributed by atoms with E-state index in [0.717, 1.165) is 5.56 Å². The van der Waals surface area contributed by atoms with E-state index in [4.69, 9.17) is 10.5 Å². The number of rotatable bonds is 4. The standard InChI is InChI=1S/C23H24N4O4/c1-31-23(30)18-12-7-13-26(18)19(28)14-27-17-11-6-5-10-16(17)20(25-21(24)22(27)29)15-8-3-2-4-9-15/h2-6,8-11,18,21H,7,12-14,24H2,1H3/t18-,21?/m0/s1. The number of aliphatic imine (C=N–C) groups is 1. The monoisotopic (exact) mass is 420 g/mol. The number of anilines is 1. The molecular weight excluding hydrogens is 396 g/mol. The summed E-state index contributed by atoms with van der Waals surface area (Å²) in [5.41, 5.74) is 8.83. The average Bonchev–Trinajstić information content (AvgIpc) is 3.27. The summed E-state index contributed by atoms with van der Waals surface area (Å²) in [4.78, 5) is 45.6. The molecule has 8 nitrogen and oxygen atoms in total. The normalized spacial score (nSPS) is 20.7. The molecule has 1 saturated heterocycles. The van der Waals surface area contributed by atoms with Crippen molar-refractivity contribution in [2.24, 2.45) is 10.7 Å². The third-order valence-electron chi connectivity index (χ3n) is 5.62. The predicted molar refractivity (Wildman–Crippen MR) is 116 cm³/mol. The van der Waals surface area contributed by atoms with Gasteiger partial charge in [-0.05, 0) is 18.9 Å². The third-order valence-corrected chi connectivity index (χ3v) is 5.62. The lowest BCUT2D eigenvalue weighted by Crippen LogP contribution is -2.50. The number of likely N-dealkylation sites (tertiary alicyclic amines) is 1. The van der Waals surface area contributed by atoms with Gasteiger partial charge in [0, 0.05) is 17.7 Å². The molecule has 2 heterocycles. The molecule has 2 aromatic carbocycles. The predicted octanol–water partition coefficient (Wildman–Crippen LogP) is 1.32. The van der Waals surface area contributed by atoms with E-state index in [0.29, 0.717) is 36.3 Å². The molecule has 2 amide bonds. The molecule has 0 radical (unpaired) electrons. The second kappa shape index (κ2) is 8.69. The highest BCUT2D eigenvalue weighted by atomic mass is 16.5. The van der Waals surface area contributed by atoms with Gasteiger partial charge in [-0.2, -0.15) is 0 Å². The molecule has 2 atom stereocenters. The van der Waals surface area contributed by atoms with Crippen LogP contribution in [0.25, 0.3) is 0 Å².